The minimum absolute atomic E-state index is 0.158. The highest BCUT2D eigenvalue weighted by molar-refractivity contribution is 5.83. The first kappa shape index (κ1) is 16.2. The van der Waals surface area contributed by atoms with Gasteiger partial charge in [0, 0.05) is 12.5 Å². The summed E-state index contributed by atoms with van der Waals surface area (Å²) in [5.41, 5.74) is 6.74. The Balaban J connectivity index is 2.48. The second kappa shape index (κ2) is 8.32. The van der Waals surface area contributed by atoms with Crippen LogP contribution in [0.1, 0.15) is 31.7 Å². The standard InChI is InChI=1S/C15H22N2O3/c1-2-12(16)10-14(18)17-13(15(19)20)9-8-11-6-4-3-5-7-11/h3-7,12-13H,2,8-10,16H2,1H3,(H,17,18)(H,19,20)/t12?,13-/m0/s1. The number of carbonyl (C=O) groups excluding carboxylic acids is 1. The highest BCUT2D eigenvalue weighted by Crippen LogP contribution is 2.06. The van der Waals surface area contributed by atoms with E-state index in [1.54, 1.807) is 0 Å². The summed E-state index contributed by atoms with van der Waals surface area (Å²) in [6.45, 7) is 1.89. The zero-order valence-corrected chi connectivity index (χ0v) is 11.7. The Morgan fingerprint density at radius 3 is 2.50 bits per heavy atom. The van der Waals surface area contributed by atoms with Crippen molar-refractivity contribution in [2.45, 2.75) is 44.7 Å². The number of nitrogens with one attached hydrogen (secondary N) is 1. The van der Waals surface area contributed by atoms with E-state index < -0.39 is 12.0 Å². The molecule has 5 heteroatoms. The van der Waals surface area contributed by atoms with Gasteiger partial charge in [-0.15, -0.1) is 0 Å². The summed E-state index contributed by atoms with van der Waals surface area (Å²) in [6, 6.07) is 8.51. The largest absolute Gasteiger partial charge is 0.480 e. The van der Waals surface area contributed by atoms with E-state index in [2.05, 4.69) is 5.32 Å². The Kier molecular flexibility index (Phi) is 6.73. The van der Waals surface area contributed by atoms with Crippen LogP contribution >= 0.6 is 0 Å². The Morgan fingerprint density at radius 2 is 1.95 bits per heavy atom. The van der Waals surface area contributed by atoms with Crippen LogP contribution in [0.4, 0.5) is 0 Å². The Bertz CT molecular complexity index is 434. The van der Waals surface area contributed by atoms with E-state index in [1.807, 2.05) is 37.3 Å². The molecule has 1 rings (SSSR count). The maximum atomic E-state index is 11.7. The number of rotatable bonds is 8. The highest BCUT2D eigenvalue weighted by atomic mass is 16.4. The Hall–Kier alpha value is -1.88. The predicted octanol–water partition coefficient (Wildman–Crippen LogP) is 1.32. The normalized spacial score (nSPS) is 13.5. The number of nitrogens with two attached hydrogens (primary N) is 1. The molecular weight excluding hydrogens is 256 g/mol. The number of carbonyl (C=O) groups is 2. The molecule has 0 fully saturated rings. The minimum Gasteiger partial charge on any atom is -0.480 e. The smallest absolute Gasteiger partial charge is 0.326 e. The van der Waals surface area contributed by atoms with Crippen molar-refractivity contribution in [3.05, 3.63) is 35.9 Å². The quantitative estimate of drug-likeness (QED) is 0.668. The average Bonchev–Trinajstić information content (AvgIpc) is 2.44. The second-order valence-electron chi connectivity index (χ2n) is 4.86. The van der Waals surface area contributed by atoms with Crippen LogP contribution < -0.4 is 11.1 Å². The zero-order chi connectivity index (χ0) is 15.0. The van der Waals surface area contributed by atoms with Gasteiger partial charge in [-0.2, -0.15) is 0 Å². The maximum Gasteiger partial charge on any atom is 0.326 e. The van der Waals surface area contributed by atoms with Crippen LogP contribution in [0.2, 0.25) is 0 Å². The lowest BCUT2D eigenvalue weighted by Crippen LogP contribution is -2.43. The highest BCUT2D eigenvalue weighted by Gasteiger charge is 2.20. The topological polar surface area (TPSA) is 92.4 Å². The number of aliphatic carboxylic acids is 1. The molecule has 1 aromatic carbocycles. The summed E-state index contributed by atoms with van der Waals surface area (Å²) in [5.74, 6) is -1.32. The molecule has 0 aliphatic rings. The van der Waals surface area contributed by atoms with E-state index in [4.69, 9.17) is 10.8 Å². The van der Waals surface area contributed by atoms with Gasteiger partial charge in [0.2, 0.25) is 5.91 Å². The molecule has 5 nitrogen and oxygen atoms in total. The Labute approximate surface area is 119 Å². The van der Waals surface area contributed by atoms with Crippen molar-refractivity contribution in [3.8, 4) is 0 Å². The monoisotopic (exact) mass is 278 g/mol. The van der Waals surface area contributed by atoms with Crippen LogP contribution in [-0.2, 0) is 16.0 Å². The molecule has 0 radical (unpaired) electrons. The van der Waals surface area contributed by atoms with Gasteiger partial charge in [-0.3, -0.25) is 4.79 Å². The molecule has 0 aliphatic carbocycles. The van der Waals surface area contributed by atoms with Crippen molar-refractivity contribution < 1.29 is 14.7 Å². The van der Waals surface area contributed by atoms with Crippen molar-refractivity contribution in [2.75, 3.05) is 0 Å². The van der Waals surface area contributed by atoms with E-state index in [9.17, 15) is 9.59 Å². The molecule has 0 saturated carbocycles. The summed E-state index contributed by atoms with van der Waals surface area (Å²) in [4.78, 5) is 22.8. The molecule has 1 aromatic rings. The summed E-state index contributed by atoms with van der Waals surface area (Å²) in [7, 11) is 0. The fraction of sp³-hybridized carbons (Fsp3) is 0.467. The first-order valence-corrected chi connectivity index (χ1v) is 6.84. The molecule has 110 valence electrons. The van der Waals surface area contributed by atoms with Crippen LogP contribution in [-0.4, -0.2) is 29.1 Å². The SMILES string of the molecule is CCC(N)CC(=O)N[C@@H](CCc1ccccc1)C(=O)O. The molecule has 0 heterocycles. The number of aryl methyl sites for hydroxylation is 1. The number of hydrogen-bond acceptors (Lipinski definition) is 3. The third-order valence-electron chi connectivity index (χ3n) is 3.17. The van der Waals surface area contributed by atoms with Crippen molar-refractivity contribution in [1.29, 1.82) is 0 Å². The van der Waals surface area contributed by atoms with Crippen molar-refractivity contribution in [1.82, 2.24) is 5.32 Å². The first-order chi connectivity index (χ1) is 9.52. The fourth-order valence-corrected chi connectivity index (χ4v) is 1.85. The summed E-state index contributed by atoms with van der Waals surface area (Å²) >= 11 is 0. The summed E-state index contributed by atoms with van der Waals surface area (Å²) in [6.07, 6.45) is 1.82. The first-order valence-electron chi connectivity index (χ1n) is 6.84. The molecule has 0 aromatic heterocycles. The number of amides is 1. The average molecular weight is 278 g/mol. The lowest BCUT2D eigenvalue weighted by atomic mass is 10.0. The van der Waals surface area contributed by atoms with Gasteiger partial charge in [0.1, 0.15) is 6.04 Å². The van der Waals surface area contributed by atoms with Gasteiger partial charge in [0.15, 0.2) is 0 Å². The van der Waals surface area contributed by atoms with Crippen LogP contribution in [0.25, 0.3) is 0 Å². The number of carboxylic acid groups (broad SMARTS) is 1. The molecule has 20 heavy (non-hydrogen) atoms. The van der Waals surface area contributed by atoms with Crippen molar-refractivity contribution >= 4 is 11.9 Å². The molecule has 4 N–H and O–H groups in total. The van der Waals surface area contributed by atoms with E-state index in [-0.39, 0.29) is 18.4 Å². The van der Waals surface area contributed by atoms with E-state index in [0.29, 0.717) is 19.3 Å². The predicted molar refractivity (Wildman–Crippen MR) is 77.2 cm³/mol. The van der Waals surface area contributed by atoms with Gasteiger partial charge in [-0.05, 0) is 24.8 Å². The van der Waals surface area contributed by atoms with Crippen LogP contribution in [0.15, 0.2) is 30.3 Å². The van der Waals surface area contributed by atoms with Gasteiger partial charge in [0.25, 0.3) is 0 Å². The molecule has 2 atom stereocenters. The van der Waals surface area contributed by atoms with Crippen molar-refractivity contribution in [3.63, 3.8) is 0 Å². The van der Waals surface area contributed by atoms with Gasteiger partial charge in [-0.1, -0.05) is 37.3 Å². The molecule has 1 amide bonds. The van der Waals surface area contributed by atoms with Crippen LogP contribution in [0.5, 0.6) is 0 Å². The van der Waals surface area contributed by atoms with Crippen LogP contribution in [0, 0.1) is 0 Å². The molecule has 0 saturated heterocycles. The number of carboxylic acids is 1. The lowest BCUT2D eigenvalue weighted by Gasteiger charge is -2.16. The van der Waals surface area contributed by atoms with Crippen molar-refractivity contribution in [2.24, 2.45) is 5.73 Å². The van der Waals surface area contributed by atoms with Gasteiger partial charge in [-0.25, -0.2) is 4.79 Å². The second-order valence-corrected chi connectivity index (χ2v) is 4.86. The summed E-state index contributed by atoms with van der Waals surface area (Å²) in [5, 5.41) is 11.7. The van der Waals surface area contributed by atoms with E-state index in [1.165, 1.54) is 0 Å². The zero-order valence-electron chi connectivity index (χ0n) is 11.7. The fourth-order valence-electron chi connectivity index (χ4n) is 1.85. The number of benzene rings is 1. The molecule has 1 unspecified atom stereocenters. The third-order valence-corrected chi connectivity index (χ3v) is 3.17. The third kappa shape index (κ3) is 5.84. The van der Waals surface area contributed by atoms with Gasteiger partial charge >= 0.3 is 5.97 Å². The maximum absolute atomic E-state index is 11.7. The molecule has 0 bridgehead atoms. The van der Waals surface area contributed by atoms with E-state index >= 15 is 0 Å². The lowest BCUT2D eigenvalue weighted by molar-refractivity contribution is -0.142. The molecular formula is C15H22N2O3. The molecule has 0 spiro atoms. The van der Waals surface area contributed by atoms with Gasteiger partial charge in [0.05, 0.1) is 0 Å². The van der Waals surface area contributed by atoms with E-state index in [0.717, 1.165) is 5.56 Å². The minimum atomic E-state index is -1.01. The molecule has 0 aliphatic heterocycles. The summed E-state index contributed by atoms with van der Waals surface area (Å²) < 4.78 is 0. The van der Waals surface area contributed by atoms with Crippen LogP contribution in [0.3, 0.4) is 0 Å². The Morgan fingerprint density at radius 1 is 1.30 bits per heavy atom. The van der Waals surface area contributed by atoms with Gasteiger partial charge < -0.3 is 16.2 Å². The number of hydrogen-bond donors (Lipinski definition) is 3.